The molecule has 1 aliphatic rings. The van der Waals surface area contributed by atoms with Crippen LogP contribution in [-0.2, 0) is 0 Å². The van der Waals surface area contributed by atoms with Crippen LogP contribution in [0.3, 0.4) is 0 Å². The number of hydrogen-bond acceptors (Lipinski definition) is 4. The summed E-state index contributed by atoms with van der Waals surface area (Å²) in [7, 11) is 3.15. The summed E-state index contributed by atoms with van der Waals surface area (Å²) in [5.41, 5.74) is 6.41. The molecule has 2 atom stereocenters. The molecule has 1 amide bonds. The van der Waals surface area contributed by atoms with Gasteiger partial charge in [-0.3, -0.25) is 4.79 Å². The SMILES string of the molecule is COc1ccc(OC)c(C(=O)N2CCCC(C)C2CN)c1.Cl. The molecule has 0 bridgehead atoms. The average molecular weight is 329 g/mol. The van der Waals surface area contributed by atoms with Crippen LogP contribution in [0.25, 0.3) is 0 Å². The number of piperidine rings is 1. The Bertz CT molecular complexity index is 510. The van der Waals surface area contributed by atoms with Gasteiger partial charge in [0.2, 0.25) is 0 Å². The smallest absolute Gasteiger partial charge is 0.258 e. The Hall–Kier alpha value is -1.46. The molecule has 2 unspecified atom stereocenters. The average Bonchev–Trinajstić information content (AvgIpc) is 2.53. The second-order valence-corrected chi connectivity index (χ2v) is 5.49. The summed E-state index contributed by atoms with van der Waals surface area (Å²) < 4.78 is 10.5. The van der Waals surface area contributed by atoms with Crippen LogP contribution in [0.5, 0.6) is 11.5 Å². The summed E-state index contributed by atoms with van der Waals surface area (Å²) in [5, 5.41) is 0. The second-order valence-electron chi connectivity index (χ2n) is 5.49. The van der Waals surface area contributed by atoms with E-state index in [1.54, 1.807) is 32.4 Å². The Morgan fingerprint density at radius 3 is 2.68 bits per heavy atom. The van der Waals surface area contributed by atoms with E-state index < -0.39 is 0 Å². The fourth-order valence-corrected chi connectivity index (χ4v) is 3.00. The minimum atomic E-state index is -0.0345. The number of hydrogen-bond donors (Lipinski definition) is 1. The zero-order valence-electron chi connectivity index (χ0n) is 13.4. The Labute approximate surface area is 138 Å². The highest BCUT2D eigenvalue weighted by Crippen LogP contribution is 2.29. The van der Waals surface area contributed by atoms with Crippen molar-refractivity contribution in [3.63, 3.8) is 0 Å². The number of amides is 1. The number of carbonyl (C=O) groups excluding carboxylic acids is 1. The van der Waals surface area contributed by atoms with Crippen molar-refractivity contribution in [1.82, 2.24) is 4.90 Å². The van der Waals surface area contributed by atoms with Crippen molar-refractivity contribution in [2.24, 2.45) is 11.7 Å². The first-order valence-electron chi connectivity index (χ1n) is 7.35. The van der Waals surface area contributed by atoms with Crippen LogP contribution in [0.1, 0.15) is 30.1 Å². The van der Waals surface area contributed by atoms with E-state index in [0.717, 1.165) is 19.4 Å². The third-order valence-electron chi connectivity index (χ3n) is 4.26. The van der Waals surface area contributed by atoms with Crippen LogP contribution >= 0.6 is 12.4 Å². The number of ether oxygens (including phenoxy) is 2. The Morgan fingerprint density at radius 1 is 1.36 bits per heavy atom. The molecule has 22 heavy (non-hydrogen) atoms. The van der Waals surface area contributed by atoms with Crippen LogP contribution in [0, 0.1) is 5.92 Å². The van der Waals surface area contributed by atoms with Gasteiger partial charge in [0.25, 0.3) is 5.91 Å². The molecule has 1 saturated heterocycles. The lowest BCUT2D eigenvalue weighted by Crippen LogP contribution is -2.51. The molecule has 1 aliphatic heterocycles. The van der Waals surface area contributed by atoms with Crippen LogP contribution in [0.2, 0.25) is 0 Å². The molecule has 124 valence electrons. The zero-order chi connectivity index (χ0) is 15.4. The van der Waals surface area contributed by atoms with E-state index in [1.807, 2.05) is 4.90 Å². The summed E-state index contributed by atoms with van der Waals surface area (Å²) >= 11 is 0. The molecule has 6 heteroatoms. The molecule has 1 aromatic rings. The lowest BCUT2D eigenvalue weighted by Gasteiger charge is -2.39. The molecule has 2 rings (SSSR count). The maximum atomic E-state index is 12.9. The maximum absolute atomic E-state index is 12.9. The van der Waals surface area contributed by atoms with E-state index in [0.29, 0.717) is 29.5 Å². The molecule has 1 fully saturated rings. The van der Waals surface area contributed by atoms with Gasteiger partial charge >= 0.3 is 0 Å². The molecule has 5 nitrogen and oxygen atoms in total. The van der Waals surface area contributed by atoms with Crippen LogP contribution in [0.4, 0.5) is 0 Å². The zero-order valence-corrected chi connectivity index (χ0v) is 14.2. The van der Waals surface area contributed by atoms with Gasteiger partial charge in [0.05, 0.1) is 19.8 Å². The summed E-state index contributed by atoms with van der Waals surface area (Å²) in [6.07, 6.45) is 2.12. The van der Waals surface area contributed by atoms with Crippen molar-refractivity contribution >= 4 is 18.3 Å². The predicted octanol–water partition coefficient (Wildman–Crippen LogP) is 2.32. The number of halogens is 1. The maximum Gasteiger partial charge on any atom is 0.258 e. The van der Waals surface area contributed by atoms with Crippen LogP contribution in [0.15, 0.2) is 18.2 Å². The molecular formula is C16H25ClN2O3. The fraction of sp³-hybridized carbons (Fsp3) is 0.562. The van der Waals surface area contributed by atoms with Gasteiger partial charge in [-0.15, -0.1) is 12.4 Å². The normalized spacial score (nSPS) is 21.0. The van der Waals surface area contributed by atoms with Gasteiger partial charge in [-0.25, -0.2) is 0 Å². The van der Waals surface area contributed by atoms with Gasteiger partial charge in [0.15, 0.2) is 0 Å². The van der Waals surface area contributed by atoms with Crippen LogP contribution in [-0.4, -0.2) is 44.2 Å². The third-order valence-corrected chi connectivity index (χ3v) is 4.26. The van der Waals surface area contributed by atoms with Crippen molar-refractivity contribution in [3.05, 3.63) is 23.8 Å². The minimum Gasteiger partial charge on any atom is -0.497 e. The van der Waals surface area contributed by atoms with Crippen molar-refractivity contribution in [2.75, 3.05) is 27.3 Å². The number of methoxy groups -OCH3 is 2. The topological polar surface area (TPSA) is 64.8 Å². The van der Waals surface area contributed by atoms with Gasteiger partial charge in [0.1, 0.15) is 11.5 Å². The van der Waals surface area contributed by atoms with E-state index in [2.05, 4.69) is 6.92 Å². The lowest BCUT2D eigenvalue weighted by atomic mass is 9.90. The third kappa shape index (κ3) is 3.65. The highest BCUT2D eigenvalue weighted by atomic mass is 35.5. The summed E-state index contributed by atoms with van der Waals surface area (Å²) in [6, 6.07) is 5.36. The number of benzene rings is 1. The molecule has 0 spiro atoms. The Balaban J connectivity index is 0.00000242. The minimum absolute atomic E-state index is 0. The van der Waals surface area contributed by atoms with Gasteiger partial charge in [0, 0.05) is 19.1 Å². The van der Waals surface area contributed by atoms with E-state index in [4.69, 9.17) is 15.2 Å². The van der Waals surface area contributed by atoms with E-state index in [1.165, 1.54) is 0 Å². The molecule has 1 aromatic carbocycles. The van der Waals surface area contributed by atoms with Crippen LogP contribution < -0.4 is 15.2 Å². The number of nitrogens with two attached hydrogens (primary N) is 1. The number of likely N-dealkylation sites (tertiary alicyclic amines) is 1. The largest absolute Gasteiger partial charge is 0.497 e. The molecule has 1 heterocycles. The number of carbonyl (C=O) groups is 1. The Morgan fingerprint density at radius 2 is 2.09 bits per heavy atom. The van der Waals surface area contributed by atoms with E-state index >= 15 is 0 Å². The highest BCUT2D eigenvalue weighted by molar-refractivity contribution is 5.97. The van der Waals surface area contributed by atoms with Crippen molar-refractivity contribution in [1.29, 1.82) is 0 Å². The molecular weight excluding hydrogens is 304 g/mol. The molecule has 2 N–H and O–H groups in total. The van der Waals surface area contributed by atoms with E-state index in [-0.39, 0.29) is 24.4 Å². The Kier molecular flexibility index (Phi) is 6.97. The van der Waals surface area contributed by atoms with Crippen molar-refractivity contribution in [2.45, 2.75) is 25.8 Å². The number of rotatable bonds is 4. The molecule has 0 aliphatic carbocycles. The molecule has 0 aromatic heterocycles. The standard InChI is InChI=1S/C16H24N2O3.ClH/c1-11-5-4-8-18(14(11)10-17)16(19)13-9-12(20-2)6-7-15(13)21-3;/h6-7,9,11,14H,4-5,8,10,17H2,1-3H3;1H. The second kappa shape index (κ2) is 8.25. The van der Waals surface area contributed by atoms with E-state index in [9.17, 15) is 4.79 Å². The first kappa shape index (κ1) is 18.6. The highest BCUT2D eigenvalue weighted by Gasteiger charge is 2.32. The number of nitrogens with zero attached hydrogens (tertiary/aromatic N) is 1. The molecule has 0 radical (unpaired) electrons. The summed E-state index contributed by atoms with van der Waals surface area (Å²) in [4.78, 5) is 14.8. The quantitative estimate of drug-likeness (QED) is 0.921. The summed E-state index contributed by atoms with van der Waals surface area (Å²) in [6.45, 7) is 3.38. The van der Waals surface area contributed by atoms with Gasteiger partial charge in [-0.1, -0.05) is 6.92 Å². The van der Waals surface area contributed by atoms with Gasteiger partial charge in [-0.2, -0.15) is 0 Å². The molecule has 0 saturated carbocycles. The van der Waals surface area contributed by atoms with Crippen molar-refractivity contribution < 1.29 is 14.3 Å². The van der Waals surface area contributed by atoms with Gasteiger partial charge < -0.3 is 20.1 Å². The lowest BCUT2D eigenvalue weighted by molar-refractivity contribution is 0.0529. The first-order chi connectivity index (χ1) is 10.1. The first-order valence-corrected chi connectivity index (χ1v) is 7.35. The van der Waals surface area contributed by atoms with Crippen molar-refractivity contribution in [3.8, 4) is 11.5 Å². The van der Waals surface area contributed by atoms with Gasteiger partial charge in [-0.05, 0) is 37.0 Å². The summed E-state index contributed by atoms with van der Waals surface area (Å²) in [5.74, 6) is 1.60. The monoisotopic (exact) mass is 328 g/mol. The fourth-order valence-electron chi connectivity index (χ4n) is 3.00. The predicted molar refractivity (Wildman–Crippen MR) is 89.1 cm³/mol.